The van der Waals surface area contributed by atoms with Crippen molar-refractivity contribution in [1.29, 1.82) is 0 Å². The second kappa shape index (κ2) is 13.4. The largest absolute Gasteiger partial charge is 0.483 e. The first kappa shape index (κ1) is 32.7. The highest BCUT2D eigenvalue weighted by Gasteiger charge is 2.46. The number of imide groups is 2. The number of nitrogens with zero attached hydrogens (tertiary/aromatic N) is 3. The van der Waals surface area contributed by atoms with Crippen LogP contribution >= 0.6 is 23.2 Å². The summed E-state index contributed by atoms with van der Waals surface area (Å²) >= 11 is 12.2. The number of anilines is 1. The maximum atomic E-state index is 13.3. The van der Waals surface area contributed by atoms with Gasteiger partial charge in [-0.15, -0.1) is 0 Å². The Balaban J connectivity index is 1.02. The van der Waals surface area contributed by atoms with Crippen molar-refractivity contribution in [2.45, 2.75) is 37.8 Å². The first-order valence-electron chi connectivity index (χ1n) is 14.9. The molecule has 1 unspecified atom stereocenters. The number of rotatable bonds is 8. The summed E-state index contributed by atoms with van der Waals surface area (Å²) in [6, 6.07) is 7.63. The average molecular weight is 697 g/mol. The number of fused-ring (bicyclic) bond motifs is 1. The van der Waals surface area contributed by atoms with Crippen LogP contribution in [0, 0.1) is 0 Å². The Labute approximate surface area is 282 Å². The van der Waals surface area contributed by atoms with E-state index in [2.05, 4.69) is 26.1 Å². The molecule has 1 atom stereocenters. The fraction of sp³-hybridized carbons (Fsp3) is 0.290. The lowest BCUT2D eigenvalue weighted by molar-refractivity contribution is -0.136. The zero-order valence-electron chi connectivity index (χ0n) is 25.0. The van der Waals surface area contributed by atoms with Gasteiger partial charge in [0.15, 0.2) is 6.61 Å². The Morgan fingerprint density at radius 2 is 1.65 bits per heavy atom. The van der Waals surface area contributed by atoms with Crippen molar-refractivity contribution in [3.8, 4) is 5.75 Å². The Morgan fingerprint density at radius 1 is 0.938 bits per heavy atom. The number of carbonyl (C=O) groups is 7. The molecular weight excluding hydrogens is 669 g/mol. The van der Waals surface area contributed by atoms with Gasteiger partial charge in [-0.2, -0.15) is 5.10 Å². The summed E-state index contributed by atoms with van der Waals surface area (Å²) < 4.78 is 5.72. The standard InChI is InChI=1S/C31H27Cl2N7O8/c32-17-4-2-5-18(33)25(17)28(44)36-19-13-34-38-26(19)29(45)35-15-9-11-39(12-10-15)23(42)14-48-21-6-1-3-16-24(21)31(47)40(30(16)46)20-7-8-22(41)37-27(20)43/h1-6,13,15,20H,7-12,14H2,(H,34,38)(H,35,45)(H,36,44)(H,37,41,43). The summed E-state index contributed by atoms with van der Waals surface area (Å²) in [6.07, 6.45) is 2.15. The molecule has 48 heavy (non-hydrogen) atoms. The molecule has 6 rings (SSSR count). The predicted molar refractivity (Wildman–Crippen MR) is 169 cm³/mol. The van der Waals surface area contributed by atoms with Crippen LogP contribution in [0.1, 0.15) is 67.2 Å². The van der Waals surface area contributed by atoms with Crippen LogP contribution < -0.4 is 20.7 Å². The number of ether oxygens (including phenoxy) is 1. The molecule has 0 saturated carbocycles. The Bertz CT molecular complexity index is 1850. The van der Waals surface area contributed by atoms with Gasteiger partial charge >= 0.3 is 0 Å². The van der Waals surface area contributed by atoms with Crippen molar-refractivity contribution in [2.75, 3.05) is 25.0 Å². The van der Waals surface area contributed by atoms with E-state index in [9.17, 15) is 33.6 Å². The molecule has 3 aliphatic rings. The second-order valence-corrected chi connectivity index (χ2v) is 12.1. The Kier molecular flexibility index (Phi) is 9.15. The zero-order chi connectivity index (χ0) is 34.1. The minimum atomic E-state index is -1.13. The molecular formula is C31H27Cl2N7O8. The minimum absolute atomic E-state index is 0.00927. The Hall–Kier alpha value is -5.28. The van der Waals surface area contributed by atoms with Gasteiger partial charge in [-0.05, 0) is 43.5 Å². The van der Waals surface area contributed by atoms with Crippen LogP contribution in [-0.2, 0) is 14.4 Å². The van der Waals surface area contributed by atoms with Gasteiger partial charge in [-0.1, -0.05) is 35.3 Å². The number of hydrogen-bond donors (Lipinski definition) is 4. The van der Waals surface area contributed by atoms with E-state index in [-0.39, 0.29) is 68.7 Å². The summed E-state index contributed by atoms with van der Waals surface area (Å²) in [7, 11) is 0. The zero-order valence-corrected chi connectivity index (χ0v) is 26.5. The molecule has 0 bridgehead atoms. The molecule has 0 spiro atoms. The quantitative estimate of drug-likeness (QED) is 0.255. The van der Waals surface area contributed by atoms with Crippen LogP contribution in [0.15, 0.2) is 42.6 Å². The van der Waals surface area contributed by atoms with E-state index in [1.807, 2.05) is 0 Å². The molecule has 0 radical (unpaired) electrons. The predicted octanol–water partition coefficient (Wildman–Crippen LogP) is 2.17. The highest BCUT2D eigenvalue weighted by atomic mass is 35.5. The number of hydrogen-bond acceptors (Lipinski definition) is 9. The summed E-state index contributed by atoms with van der Waals surface area (Å²) in [5, 5.41) is 14.4. The molecule has 2 fully saturated rings. The molecule has 7 amide bonds. The van der Waals surface area contributed by atoms with Crippen molar-refractivity contribution in [3.63, 3.8) is 0 Å². The van der Waals surface area contributed by atoms with Gasteiger partial charge in [0.2, 0.25) is 11.8 Å². The van der Waals surface area contributed by atoms with Crippen molar-refractivity contribution >= 4 is 70.2 Å². The van der Waals surface area contributed by atoms with Gasteiger partial charge in [0.1, 0.15) is 17.5 Å². The van der Waals surface area contributed by atoms with E-state index in [1.165, 1.54) is 36.5 Å². The number of carbonyl (C=O) groups excluding carboxylic acids is 7. The molecule has 2 aromatic carbocycles. The minimum Gasteiger partial charge on any atom is -0.483 e. The lowest BCUT2D eigenvalue weighted by Gasteiger charge is -2.32. The highest BCUT2D eigenvalue weighted by molar-refractivity contribution is 6.40. The second-order valence-electron chi connectivity index (χ2n) is 11.3. The number of likely N-dealkylation sites (tertiary alicyclic amines) is 1. The van der Waals surface area contributed by atoms with Gasteiger partial charge in [0.25, 0.3) is 29.5 Å². The molecule has 15 nitrogen and oxygen atoms in total. The van der Waals surface area contributed by atoms with E-state index in [0.717, 1.165) is 4.90 Å². The summed E-state index contributed by atoms with van der Waals surface area (Å²) in [5.74, 6) is -4.09. The maximum Gasteiger partial charge on any atom is 0.271 e. The molecule has 1 aromatic heterocycles. The van der Waals surface area contributed by atoms with Crippen LogP contribution in [0.25, 0.3) is 0 Å². The maximum absolute atomic E-state index is 13.3. The molecule has 17 heteroatoms. The first-order chi connectivity index (χ1) is 23.0. The van der Waals surface area contributed by atoms with Crippen LogP contribution in [0.5, 0.6) is 5.75 Å². The Morgan fingerprint density at radius 3 is 2.35 bits per heavy atom. The molecule has 0 aliphatic carbocycles. The highest BCUT2D eigenvalue weighted by Crippen LogP contribution is 2.34. The first-order valence-corrected chi connectivity index (χ1v) is 15.6. The molecule has 248 valence electrons. The lowest BCUT2D eigenvalue weighted by Crippen LogP contribution is -2.54. The van der Waals surface area contributed by atoms with Crippen LogP contribution in [0.2, 0.25) is 10.0 Å². The van der Waals surface area contributed by atoms with Crippen LogP contribution in [-0.4, -0.2) is 93.1 Å². The number of nitrogens with one attached hydrogen (secondary N) is 4. The molecule has 4 N–H and O–H groups in total. The van der Waals surface area contributed by atoms with Crippen molar-refractivity contribution in [2.24, 2.45) is 0 Å². The van der Waals surface area contributed by atoms with Gasteiger partial charge in [-0.25, -0.2) is 0 Å². The molecule has 3 aromatic rings. The number of H-pyrrole nitrogens is 1. The summed E-state index contributed by atoms with van der Waals surface area (Å²) in [6.45, 7) is 0.191. The van der Waals surface area contributed by atoms with Gasteiger partial charge < -0.3 is 20.3 Å². The fourth-order valence-electron chi connectivity index (χ4n) is 5.82. The third-order valence-electron chi connectivity index (χ3n) is 8.27. The van der Waals surface area contributed by atoms with Crippen LogP contribution in [0.3, 0.4) is 0 Å². The van der Waals surface area contributed by atoms with E-state index in [4.69, 9.17) is 27.9 Å². The smallest absolute Gasteiger partial charge is 0.271 e. The van der Waals surface area contributed by atoms with E-state index in [0.29, 0.717) is 25.9 Å². The topological polar surface area (TPSA) is 200 Å². The number of aromatic nitrogens is 2. The van der Waals surface area contributed by atoms with Crippen molar-refractivity contribution in [3.05, 3.63) is 75.0 Å². The number of aromatic amines is 1. The van der Waals surface area contributed by atoms with E-state index >= 15 is 0 Å². The van der Waals surface area contributed by atoms with Gasteiger partial charge in [-0.3, -0.25) is 48.9 Å². The summed E-state index contributed by atoms with van der Waals surface area (Å²) in [5.41, 5.74) is 0.203. The molecule has 3 aliphatic heterocycles. The average Bonchev–Trinajstić information content (AvgIpc) is 3.62. The number of halogens is 2. The van der Waals surface area contributed by atoms with Gasteiger partial charge in [0, 0.05) is 25.6 Å². The van der Waals surface area contributed by atoms with Crippen LogP contribution in [0.4, 0.5) is 5.69 Å². The van der Waals surface area contributed by atoms with Gasteiger partial charge in [0.05, 0.1) is 38.6 Å². The lowest BCUT2D eigenvalue weighted by atomic mass is 10.0. The monoisotopic (exact) mass is 695 g/mol. The fourth-order valence-corrected chi connectivity index (χ4v) is 6.39. The van der Waals surface area contributed by atoms with Crippen molar-refractivity contribution in [1.82, 2.24) is 30.6 Å². The number of benzene rings is 2. The number of piperidine rings is 2. The third-order valence-corrected chi connectivity index (χ3v) is 8.90. The van der Waals surface area contributed by atoms with E-state index < -0.39 is 48.1 Å². The third kappa shape index (κ3) is 6.33. The molecule has 4 heterocycles. The molecule has 2 saturated heterocycles. The SMILES string of the molecule is O=C1CCC(N2C(=O)c3cccc(OCC(=O)N4CCC(NC(=O)c5[nH]ncc5NC(=O)c5c(Cl)cccc5Cl)CC4)c3C2=O)C(=O)N1. The normalized spacial score (nSPS) is 18.0. The van der Waals surface area contributed by atoms with E-state index in [1.54, 1.807) is 11.0 Å². The number of amides is 7. The van der Waals surface area contributed by atoms with Crippen molar-refractivity contribution < 1.29 is 38.3 Å². The summed E-state index contributed by atoms with van der Waals surface area (Å²) in [4.78, 5) is 91.5.